The molecule has 8 amide bonds. The number of benzene rings is 6. The summed E-state index contributed by atoms with van der Waals surface area (Å²) >= 11 is 14.2. The van der Waals surface area contributed by atoms with Crippen molar-refractivity contribution in [3.63, 3.8) is 0 Å². The van der Waals surface area contributed by atoms with Crippen LogP contribution in [0.3, 0.4) is 0 Å². The minimum atomic E-state index is -4.89. The number of hydrogen-bond acceptors (Lipinski definition) is 25. The Labute approximate surface area is 681 Å². The number of carbonyl (C=O) groups excluding carboxylic acids is 8. The maximum absolute atomic E-state index is 16.4. The SMILES string of the molecule is CCCCCCOc1ccc(S(=O)(=O)NC(=O)C[C@@H]2NC(=O)[C@H](NC(=O)[C@@H](CC(C)C)NC)[C@H](O)c3ccc(c(Cl)c3)Oc3cc4cc(c3O[C@@H]3O[C@H](CO)[C@@H](O)[C@H](O)[C@H]3O)Oc3ccc(cc3Cl)[C@@H](O)[C@@H]3NC(=O)[C@H](NC(=O)[C@@H]4NC2=O)c2ccc(O)c(c2)-c2c(O)cc(O)cc2[C@@H](C(=O)NC2C4CC5CC(C4)CC2C5)NC3=O)cc1. The lowest BCUT2D eigenvalue weighted by Crippen LogP contribution is -2.60. The van der Waals surface area contributed by atoms with E-state index in [4.69, 9.17) is 46.9 Å². The summed E-state index contributed by atoms with van der Waals surface area (Å²) in [4.78, 5) is 123. The highest BCUT2D eigenvalue weighted by Crippen LogP contribution is 2.55. The van der Waals surface area contributed by atoms with Crippen LogP contribution in [0.1, 0.15) is 150 Å². The smallest absolute Gasteiger partial charge is 0.264 e. The molecule has 0 aromatic heterocycles. The van der Waals surface area contributed by atoms with Crippen LogP contribution in [-0.4, -0.2) is 183 Å². The number of phenolic OH excluding ortho intramolecular Hbond substituents is 3. The zero-order chi connectivity index (χ0) is 83.7. The van der Waals surface area contributed by atoms with E-state index < -0.39 is 216 Å². The molecule has 6 aromatic carbocycles. The molecule has 16 rings (SSSR count). The third-order valence-corrected chi connectivity index (χ3v) is 24.6. The van der Waals surface area contributed by atoms with Gasteiger partial charge in [0.05, 0.1) is 40.6 Å². The minimum Gasteiger partial charge on any atom is -0.508 e. The molecule has 36 heteroatoms. The molecule has 6 heterocycles. The lowest BCUT2D eigenvalue weighted by atomic mass is 9.54. The zero-order valence-electron chi connectivity index (χ0n) is 63.9. The summed E-state index contributed by atoms with van der Waals surface area (Å²) in [5.74, 6) is -14.0. The van der Waals surface area contributed by atoms with Gasteiger partial charge in [-0.25, -0.2) is 13.1 Å². The van der Waals surface area contributed by atoms with Gasteiger partial charge in [0.2, 0.25) is 59.3 Å². The molecule has 18 N–H and O–H groups in total. The Balaban J connectivity index is 0.989. The molecule has 14 atom stereocenters. The Hall–Kier alpha value is -10.1. The molecule has 15 bridgehead atoms. The number of unbranched alkanes of at least 4 members (excludes halogenated alkanes) is 3. The molecule has 0 radical (unpaired) electrons. The van der Waals surface area contributed by atoms with Crippen molar-refractivity contribution < 1.29 is 116 Å². The number of sulfonamides is 1. The number of likely N-dealkylation sites (N-methyl/N-ethyl adjacent to an activating group) is 1. The molecule has 6 aromatic rings. The molecule has 10 aliphatic rings. The fourth-order valence-electron chi connectivity index (χ4n) is 16.8. The number of phenols is 3. The summed E-state index contributed by atoms with van der Waals surface area (Å²) in [7, 11) is -3.43. The fraction of sp³-hybridized carbons (Fsp3) is 0.457. The van der Waals surface area contributed by atoms with Crippen LogP contribution in [-0.2, 0) is 53.1 Å². The number of carbonyl (C=O) groups is 8. The number of nitrogens with one attached hydrogen (secondary N) is 9. The highest BCUT2D eigenvalue weighted by atomic mass is 35.5. The van der Waals surface area contributed by atoms with Crippen LogP contribution in [0.4, 0.5) is 0 Å². The van der Waals surface area contributed by atoms with E-state index in [1.807, 2.05) is 11.6 Å². The van der Waals surface area contributed by atoms with Crippen molar-refractivity contribution in [1.82, 2.24) is 47.3 Å². The van der Waals surface area contributed by atoms with E-state index >= 15 is 28.8 Å². The molecule has 6 aliphatic heterocycles. The number of halogens is 2. The van der Waals surface area contributed by atoms with Crippen molar-refractivity contribution in [2.45, 2.75) is 188 Å². The predicted molar refractivity (Wildman–Crippen MR) is 416 cm³/mol. The third kappa shape index (κ3) is 18.4. The van der Waals surface area contributed by atoms with Gasteiger partial charge in [0.25, 0.3) is 10.0 Å². The monoisotopic (exact) mass is 1680 g/mol. The molecular weight excluding hydrogens is 1590 g/mol. The van der Waals surface area contributed by atoms with Crippen molar-refractivity contribution in [3.05, 3.63) is 141 Å². The molecular formula is C81H93Cl2N9O24S. The average Bonchev–Trinajstić information content (AvgIpc) is 0.762. The van der Waals surface area contributed by atoms with Crippen LogP contribution in [0.5, 0.6) is 51.7 Å². The van der Waals surface area contributed by atoms with E-state index in [0.29, 0.717) is 30.6 Å². The highest BCUT2D eigenvalue weighted by molar-refractivity contribution is 7.90. The minimum absolute atomic E-state index is 0.0577. The number of aromatic hydroxyl groups is 3. The summed E-state index contributed by atoms with van der Waals surface area (Å²) in [6, 6.07) is 4.31. The maximum Gasteiger partial charge on any atom is 0.264 e. The highest BCUT2D eigenvalue weighted by Gasteiger charge is 2.51. The van der Waals surface area contributed by atoms with Gasteiger partial charge in [0.15, 0.2) is 11.5 Å². The molecule has 0 unspecified atom stereocenters. The number of rotatable bonds is 20. The van der Waals surface area contributed by atoms with E-state index in [-0.39, 0.29) is 69.3 Å². The van der Waals surface area contributed by atoms with Crippen LogP contribution in [0.25, 0.3) is 11.1 Å². The number of hydrogen-bond donors (Lipinski definition) is 18. The Bertz CT molecular complexity index is 4900. The van der Waals surface area contributed by atoms with Gasteiger partial charge in [-0.1, -0.05) is 81.4 Å². The second-order valence-corrected chi connectivity index (χ2v) is 33.7. The van der Waals surface area contributed by atoms with Crippen molar-refractivity contribution in [2.75, 3.05) is 20.3 Å². The number of aliphatic hydroxyl groups is 6. The molecule has 626 valence electrons. The molecule has 33 nitrogen and oxygen atoms in total. The summed E-state index contributed by atoms with van der Waals surface area (Å²) in [5.41, 5.74) is -2.36. The van der Waals surface area contributed by atoms with Gasteiger partial charge in [-0.15, -0.1) is 0 Å². The van der Waals surface area contributed by atoms with Crippen LogP contribution in [0.15, 0.2) is 108 Å². The Morgan fingerprint density at radius 3 is 1.85 bits per heavy atom. The first-order valence-electron chi connectivity index (χ1n) is 38.7. The quantitative estimate of drug-likeness (QED) is 0.0460. The molecule has 1 saturated heterocycles. The molecule has 0 spiro atoms. The van der Waals surface area contributed by atoms with Crippen LogP contribution in [0.2, 0.25) is 10.0 Å². The fourth-order valence-corrected chi connectivity index (χ4v) is 18.3. The first kappa shape index (κ1) is 84.8. The van der Waals surface area contributed by atoms with Gasteiger partial charge in [-0.3, -0.25) is 38.4 Å². The molecule has 4 saturated carbocycles. The van der Waals surface area contributed by atoms with Crippen molar-refractivity contribution in [1.29, 1.82) is 0 Å². The Morgan fingerprint density at radius 1 is 0.624 bits per heavy atom. The first-order valence-corrected chi connectivity index (χ1v) is 41.0. The van der Waals surface area contributed by atoms with Crippen molar-refractivity contribution in [3.8, 4) is 62.9 Å². The molecule has 4 aliphatic carbocycles. The molecule has 117 heavy (non-hydrogen) atoms. The van der Waals surface area contributed by atoms with Gasteiger partial charge in [0, 0.05) is 23.2 Å². The third-order valence-electron chi connectivity index (χ3n) is 22.6. The van der Waals surface area contributed by atoms with Crippen LogP contribution in [0, 0.1) is 29.6 Å². The van der Waals surface area contributed by atoms with E-state index in [9.17, 15) is 64.0 Å². The number of aliphatic hydroxyl groups excluding tert-OH is 6. The van der Waals surface area contributed by atoms with Crippen molar-refractivity contribution >= 4 is 80.5 Å². The lowest BCUT2D eigenvalue weighted by Gasteiger charge is -2.54. The number of fused-ring (bicyclic) bond motifs is 15. The van der Waals surface area contributed by atoms with Crippen LogP contribution >= 0.6 is 23.2 Å². The van der Waals surface area contributed by atoms with Gasteiger partial charge < -0.3 is 112 Å². The van der Waals surface area contributed by atoms with E-state index in [0.717, 1.165) is 124 Å². The second kappa shape index (κ2) is 35.6. The topological polar surface area (TPSA) is 507 Å². The standard InChI is InChI=1S/C81H93Cl2N9O24S/c1-5-6-7-8-19-112-45-12-14-46(15-13-45)117(110,111)92-60(97)33-52-75(104)87-64-43-29-57(113-55-17-10-39(27-49(55)82)68(98)66(79(108)85-52)90-74(103)51(84-4)20-35(2)3)73(116-81-72(102)71(101)70(100)59(34-93)115-81)58(30-43)114-56-18-11-40(28-50(56)83)69(99)67-80(109)89-65(78(107)86-62-41-22-36-21-37(24-41)25-42(62)23-36)48-31-44(94)32-54(96)61(48)47-26-38(9-16-53(47)95)63(76(105)91-67)88-77(64)106/h9-18,26-32,35-37,41-42,51-52,59,62-72,81,84,93-96,98-102H,5-8,19-25,33-34H2,1-4H3,(H,85,108)(H,86,107)(H,87,104)(H,88,106)(H,89,109)(H,90,103)(H,91,105)(H,92,97)/t36?,37?,41?,42?,51-,52+,59-,62?,63-,64-,65+,66-,67+,68-,69-,70-,71+,72-,81+/m1/s1. The number of ether oxygens (including phenoxy) is 5. The summed E-state index contributed by atoms with van der Waals surface area (Å²) in [5, 5.41) is 125. The normalized spacial score (nSPS) is 27.8. The van der Waals surface area contributed by atoms with Gasteiger partial charge in [-0.2, -0.15) is 0 Å². The van der Waals surface area contributed by atoms with E-state index in [2.05, 4.69) is 42.5 Å². The Morgan fingerprint density at radius 2 is 1.24 bits per heavy atom. The van der Waals surface area contributed by atoms with Gasteiger partial charge in [0.1, 0.15) is 107 Å². The summed E-state index contributed by atoms with van der Waals surface area (Å²) in [6.07, 6.45) is -7.63. The summed E-state index contributed by atoms with van der Waals surface area (Å²) in [6.45, 7) is 5.00. The second-order valence-electron chi connectivity index (χ2n) is 31.2. The van der Waals surface area contributed by atoms with Crippen LogP contribution < -0.4 is 66.2 Å². The predicted octanol–water partition coefficient (Wildman–Crippen LogP) is 4.70. The first-order chi connectivity index (χ1) is 55.8. The lowest BCUT2D eigenvalue weighted by molar-refractivity contribution is -0.277. The average molecular weight is 1680 g/mol. The number of amides is 8. The Kier molecular flexibility index (Phi) is 25.8. The largest absolute Gasteiger partial charge is 0.508 e. The zero-order valence-corrected chi connectivity index (χ0v) is 66.2. The van der Waals surface area contributed by atoms with E-state index in [1.54, 1.807) is 13.8 Å². The van der Waals surface area contributed by atoms with E-state index in [1.165, 1.54) is 37.4 Å². The maximum atomic E-state index is 16.4. The van der Waals surface area contributed by atoms with Gasteiger partial charge in [-0.05, 0) is 188 Å². The van der Waals surface area contributed by atoms with Crippen molar-refractivity contribution in [2.24, 2.45) is 29.6 Å². The molecule has 5 fully saturated rings. The summed E-state index contributed by atoms with van der Waals surface area (Å²) < 4.78 is 61.5. The van der Waals surface area contributed by atoms with Gasteiger partial charge >= 0.3 is 0 Å².